The molecular formula is C9H4Cl2O2S. The molecule has 0 radical (unpaired) electrons. The van der Waals surface area contributed by atoms with Crippen LogP contribution in [0.1, 0.15) is 10.4 Å². The van der Waals surface area contributed by atoms with Gasteiger partial charge in [-0.25, -0.2) is 4.79 Å². The molecule has 0 aliphatic rings. The van der Waals surface area contributed by atoms with Gasteiger partial charge in [0.2, 0.25) is 0 Å². The summed E-state index contributed by atoms with van der Waals surface area (Å²) in [6.45, 7) is 0. The second-order valence-corrected chi connectivity index (χ2v) is 4.70. The van der Waals surface area contributed by atoms with Gasteiger partial charge in [0.15, 0.2) is 0 Å². The fraction of sp³-hybridized carbons (Fsp3) is 0. The maximum Gasteiger partial charge on any atom is 0.338 e. The first-order chi connectivity index (χ1) is 6.61. The number of thiophene rings is 1. The van der Waals surface area contributed by atoms with Crippen molar-refractivity contribution in [3.8, 4) is 0 Å². The van der Waals surface area contributed by atoms with Crippen molar-refractivity contribution in [3.63, 3.8) is 0 Å². The van der Waals surface area contributed by atoms with Crippen LogP contribution < -0.4 is 0 Å². The Morgan fingerprint density at radius 2 is 2.07 bits per heavy atom. The highest BCUT2D eigenvalue weighted by Gasteiger charge is 2.17. The van der Waals surface area contributed by atoms with Crippen molar-refractivity contribution in [1.29, 1.82) is 0 Å². The number of carboxylic acids is 1. The molecule has 5 heteroatoms. The van der Waals surface area contributed by atoms with Crippen molar-refractivity contribution in [2.45, 2.75) is 0 Å². The van der Waals surface area contributed by atoms with Gasteiger partial charge in [0.25, 0.3) is 0 Å². The average Bonchev–Trinajstić information content (AvgIpc) is 2.42. The molecule has 2 rings (SSSR count). The molecule has 0 aliphatic carbocycles. The lowest BCUT2D eigenvalue weighted by Crippen LogP contribution is -1.94. The maximum atomic E-state index is 10.9. The molecular weight excluding hydrogens is 243 g/mol. The molecule has 1 aromatic carbocycles. The molecule has 0 amide bonds. The highest BCUT2D eigenvalue weighted by atomic mass is 35.5. The third-order valence-electron chi connectivity index (χ3n) is 1.84. The van der Waals surface area contributed by atoms with E-state index in [1.807, 2.05) is 0 Å². The molecule has 1 aromatic heterocycles. The van der Waals surface area contributed by atoms with Gasteiger partial charge in [-0.1, -0.05) is 35.3 Å². The predicted molar refractivity (Wildman–Crippen MR) is 58.8 cm³/mol. The summed E-state index contributed by atoms with van der Waals surface area (Å²) in [6, 6.07) is 5.12. The number of fused-ring (bicyclic) bond motifs is 1. The van der Waals surface area contributed by atoms with Gasteiger partial charge >= 0.3 is 5.97 Å². The minimum atomic E-state index is -1.02. The van der Waals surface area contributed by atoms with E-state index in [1.54, 1.807) is 18.2 Å². The number of carbonyl (C=O) groups is 1. The predicted octanol–water partition coefficient (Wildman–Crippen LogP) is 3.91. The van der Waals surface area contributed by atoms with Crippen LogP contribution in [-0.4, -0.2) is 11.1 Å². The number of benzene rings is 1. The topological polar surface area (TPSA) is 37.3 Å². The lowest BCUT2D eigenvalue weighted by atomic mass is 10.2. The molecule has 0 saturated heterocycles. The number of rotatable bonds is 1. The Balaban J connectivity index is 2.90. The minimum absolute atomic E-state index is 0.133. The molecule has 14 heavy (non-hydrogen) atoms. The Morgan fingerprint density at radius 1 is 1.36 bits per heavy atom. The summed E-state index contributed by atoms with van der Waals surface area (Å²) >= 11 is 12.9. The van der Waals surface area contributed by atoms with Crippen molar-refractivity contribution in [2.75, 3.05) is 0 Å². The van der Waals surface area contributed by atoms with Crippen molar-refractivity contribution >= 4 is 50.6 Å². The Bertz CT molecular complexity index is 519. The summed E-state index contributed by atoms with van der Waals surface area (Å²) < 4.78 is 0.983. The van der Waals surface area contributed by atoms with Gasteiger partial charge in [0.1, 0.15) is 4.34 Å². The van der Waals surface area contributed by atoms with Crippen molar-refractivity contribution in [1.82, 2.24) is 0 Å². The van der Waals surface area contributed by atoms with Gasteiger partial charge in [-0.2, -0.15) is 0 Å². The molecule has 0 saturated carbocycles. The molecule has 2 nitrogen and oxygen atoms in total. The zero-order valence-corrected chi connectivity index (χ0v) is 9.08. The fourth-order valence-corrected chi connectivity index (χ4v) is 2.88. The van der Waals surface area contributed by atoms with Crippen molar-refractivity contribution in [3.05, 3.63) is 33.1 Å². The van der Waals surface area contributed by atoms with Crippen LogP contribution in [0.4, 0.5) is 0 Å². The van der Waals surface area contributed by atoms with Crippen LogP contribution in [0, 0.1) is 0 Å². The Labute approximate surface area is 93.7 Å². The van der Waals surface area contributed by atoms with Gasteiger partial charge < -0.3 is 5.11 Å². The number of hydrogen-bond acceptors (Lipinski definition) is 2. The monoisotopic (exact) mass is 246 g/mol. The van der Waals surface area contributed by atoms with Crippen molar-refractivity contribution in [2.24, 2.45) is 0 Å². The molecule has 72 valence electrons. The van der Waals surface area contributed by atoms with Gasteiger partial charge in [0.05, 0.1) is 15.3 Å². The number of carboxylic acid groups (broad SMARTS) is 1. The van der Waals surface area contributed by atoms with Crippen LogP contribution in [0.3, 0.4) is 0 Å². The Morgan fingerprint density at radius 3 is 2.71 bits per heavy atom. The maximum absolute atomic E-state index is 10.9. The van der Waals surface area contributed by atoms with E-state index in [9.17, 15) is 4.79 Å². The van der Waals surface area contributed by atoms with E-state index in [-0.39, 0.29) is 9.90 Å². The van der Waals surface area contributed by atoms with E-state index in [0.29, 0.717) is 10.4 Å². The van der Waals surface area contributed by atoms with E-state index >= 15 is 0 Å². The smallest absolute Gasteiger partial charge is 0.338 e. The summed E-state index contributed by atoms with van der Waals surface area (Å²) in [5, 5.41) is 10.0. The largest absolute Gasteiger partial charge is 0.478 e. The Hall–Kier alpha value is -0.770. The van der Waals surface area contributed by atoms with Gasteiger partial charge in [-0.15, -0.1) is 11.3 Å². The molecule has 1 heterocycles. The normalized spacial score (nSPS) is 10.7. The van der Waals surface area contributed by atoms with Crippen LogP contribution >= 0.6 is 34.5 Å². The first-order valence-corrected chi connectivity index (χ1v) is 5.28. The van der Waals surface area contributed by atoms with E-state index in [1.165, 1.54) is 11.3 Å². The highest BCUT2D eigenvalue weighted by molar-refractivity contribution is 7.23. The van der Waals surface area contributed by atoms with Crippen molar-refractivity contribution < 1.29 is 9.90 Å². The van der Waals surface area contributed by atoms with E-state index in [2.05, 4.69) is 0 Å². The summed E-state index contributed by atoms with van der Waals surface area (Å²) in [5.41, 5.74) is 0.133. The SMILES string of the molecule is O=C(O)c1c(Cl)sc2c(Cl)cccc12. The Kier molecular flexibility index (Phi) is 2.39. The first kappa shape index (κ1) is 9.77. The number of hydrogen-bond donors (Lipinski definition) is 1. The van der Waals surface area contributed by atoms with Gasteiger partial charge in [-0.3, -0.25) is 0 Å². The average molecular weight is 247 g/mol. The molecule has 0 unspecified atom stereocenters. The zero-order chi connectivity index (χ0) is 10.3. The molecule has 0 fully saturated rings. The van der Waals surface area contributed by atoms with Crippen LogP contribution in [-0.2, 0) is 0 Å². The van der Waals surface area contributed by atoms with Crippen LogP contribution in [0.25, 0.3) is 10.1 Å². The summed E-state index contributed by atoms with van der Waals surface area (Å²) in [5.74, 6) is -1.02. The second kappa shape index (κ2) is 3.42. The van der Waals surface area contributed by atoms with Gasteiger partial charge in [-0.05, 0) is 6.07 Å². The van der Waals surface area contributed by atoms with E-state index < -0.39 is 5.97 Å². The molecule has 0 spiro atoms. The molecule has 0 bridgehead atoms. The van der Waals surface area contributed by atoms with E-state index in [4.69, 9.17) is 28.3 Å². The highest BCUT2D eigenvalue weighted by Crippen LogP contribution is 2.38. The second-order valence-electron chi connectivity index (χ2n) is 2.67. The van der Waals surface area contributed by atoms with Gasteiger partial charge in [0, 0.05) is 5.39 Å². The molecule has 0 aliphatic heterocycles. The summed E-state index contributed by atoms with van der Waals surface area (Å²) in [4.78, 5) is 10.9. The lowest BCUT2D eigenvalue weighted by molar-refractivity contribution is 0.0699. The first-order valence-electron chi connectivity index (χ1n) is 3.71. The quantitative estimate of drug-likeness (QED) is 0.829. The molecule has 2 aromatic rings. The third kappa shape index (κ3) is 1.38. The van der Waals surface area contributed by atoms with Crippen LogP contribution in [0.2, 0.25) is 9.36 Å². The molecule has 0 atom stereocenters. The van der Waals surface area contributed by atoms with Crippen LogP contribution in [0.5, 0.6) is 0 Å². The third-order valence-corrected chi connectivity index (χ3v) is 3.71. The minimum Gasteiger partial charge on any atom is -0.478 e. The fourth-order valence-electron chi connectivity index (χ4n) is 1.26. The lowest BCUT2D eigenvalue weighted by Gasteiger charge is -1.93. The summed E-state index contributed by atoms with van der Waals surface area (Å²) in [7, 11) is 0. The number of aromatic carboxylic acids is 1. The molecule has 1 N–H and O–H groups in total. The zero-order valence-electron chi connectivity index (χ0n) is 6.75. The summed E-state index contributed by atoms with van der Waals surface area (Å²) in [6.07, 6.45) is 0. The van der Waals surface area contributed by atoms with Crippen LogP contribution in [0.15, 0.2) is 18.2 Å². The van der Waals surface area contributed by atoms with E-state index in [0.717, 1.165) is 4.70 Å². The standard InChI is InChI=1S/C9H4Cl2O2S/c10-5-3-1-2-4-6(9(12)13)8(11)14-7(4)5/h1-3H,(H,12,13). The number of halogens is 2.